The smallest absolute Gasteiger partial charge is 0.172 e. The van der Waals surface area contributed by atoms with E-state index in [-0.39, 0.29) is 0 Å². The molecule has 1 N–H and O–H groups in total. The summed E-state index contributed by atoms with van der Waals surface area (Å²) >= 11 is 3.35. The highest BCUT2D eigenvalue weighted by Crippen LogP contribution is 2.45. The average molecular weight is 301 g/mol. The SMILES string of the molecule is CC(C)(O)c1c(Br)cc(C=O)c2c1OCCO2. The Morgan fingerprint density at radius 1 is 1.35 bits per heavy atom. The zero-order valence-electron chi connectivity index (χ0n) is 9.62. The van der Waals surface area contributed by atoms with E-state index < -0.39 is 5.60 Å². The molecule has 2 rings (SSSR count). The molecule has 0 atom stereocenters. The first-order chi connectivity index (χ1) is 7.95. The Labute approximate surface area is 108 Å². The van der Waals surface area contributed by atoms with Crippen LogP contribution in [0.15, 0.2) is 10.5 Å². The van der Waals surface area contributed by atoms with Gasteiger partial charge >= 0.3 is 0 Å². The van der Waals surface area contributed by atoms with Crippen molar-refractivity contribution in [3.05, 3.63) is 21.7 Å². The maximum atomic E-state index is 11.0. The van der Waals surface area contributed by atoms with Crippen molar-refractivity contribution < 1.29 is 19.4 Å². The van der Waals surface area contributed by atoms with Crippen LogP contribution in [0.1, 0.15) is 29.8 Å². The van der Waals surface area contributed by atoms with E-state index in [0.29, 0.717) is 46.6 Å². The summed E-state index contributed by atoms with van der Waals surface area (Å²) in [5.41, 5.74) is -0.0669. The average Bonchev–Trinajstić information content (AvgIpc) is 2.25. The molecular formula is C12H13BrO4. The summed E-state index contributed by atoms with van der Waals surface area (Å²) in [6.45, 7) is 4.13. The highest BCUT2D eigenvalue weighted by Gasteiger charge is 2.30. The summed E-state index contributed by atoms with van der Waals surface area (Å²) in [5.74, 6) is 0.854. The number of aldehydes is 1. The maximum Gasteiger partial charge on any atom is 0.172 e. The Balaban J connectivity index is 2.72. The third kappa shape index (κ3) is 2.17. The van der Waals surface area contributed by atoms with E-state index in [4.69, 9.17) is 9.47 Å². The molecule has 1 aromatic rings. The van der Waals surface area contributed by atoms with E-state index in [1.807, 2.05) is 0 Å². The van der Waals surface area contributed by atoms with Gasteiger partial charge in [-0.1, -0.05) is 15.9 Å². The minimum Gasteiger partial charge on any atom is -0.486 e. The second kappa shape index (κ2) is 4.31. The number of benzene rings is 1. The van der Waals surface area contributed by atoms with Crippen LogP contribution < -0.4 is 9.47 Å². The summed E-state index contributed by atoms with van der Waals surface area (Å²) in [5, 5.41) is 10.1. The molecule has 1 aliphatic rings. The van der Waals surface area contributed by atoms with E-state index in [9.17, 15) is 9.90 Å². The van der Waals surface area contributed by atoms with E-state index >= 15 is 0 Å². The van der Waals surface area contributed by atoms with Crippen LogP contribution in [0.5, 0.6) is 11.5 Å². The van der Waals surface area contributed by atoms with E-state index in [2.05, 4.69) is 15.9 Å². The van der Waals surface area contributed by atoms with Crippen molar-refractivity contribution in [2.24, 2.45) is 0 Å². The fraction of sp³-hybridized carbons (Fsp3) is 0.417. The van der Waals surface area contributed by atoms with Gasteiger partial charge in [0.05, 0.1) is 11.2 Å². The standard InChI is InChI=1S/C12H13BrO4/c1-12(2,15)9-8(13)5-7(6-14)10-11(9)17-4-3-16-10/h5-6,15H,3-4H2,1-2H3. The van der Waals surface area contributed by atoms with Crippen molar-refractivity contribution in [3.8, 4) is 11.5 Å². The number of carbonyl (C=O) groups is 1. The Morgan fingerprint density at radius 2 is 1.94 bits per heavy atom. The van der Waals surface area contributed by atoms with Crippen molar-refractivity contribution in [2.75, 3.05) is 13.2 Å². The molecule has 0 radical (unpaired) electrons. The highest BCUT2D eigenvalue weighted by atomic mass is 79.9. The normalized spacial score (nSPS) is 14.6. The Morgan fingerprint density at radius 3 is 2.47 bits per heavy atom. The lowest BCUT2D eigenvalue weighted by Gasteiger charge is -2.28. The number of aliphatic hydroxyl groups is 1. The molecule has 0 saturated heterocycles. The van der Waals surface area contributed by atoms with E-state index in [0.717, 1.165) is 0 Å². The maximum absolute atomic E-state index is 11.0. The van der Waals surface area contributed by atoms with Crippen LogP contribution in [0.2, 0.25) is 0 Å². The first-order valence-corrected chi connectivity index (χ1v) is 6.04. The van der Waals surface area contributed by atoms with Crippen LogP contribution in [-0.4, -0.2) is 24.6 Å². The van der Waals surface area contributed by atoms with Gasteiger partial charge in [0.2, 0.25) is 0 Å². The second-order valence-electron chi connectivity index (χ2n) is 4.35. The molecule has 0 fully saturated rings. The van der Waals surface area contributed by atoms with Gasteiger partial charge in [0.1, 0.15) is 13.2 Å². The largest absolute Gasteiger partial charge is 0.486 e. The van der Waals surface area contributed by atoms with E-state index in [1.165, 1.54) is 0 Å². The fourth-order valence-corrected chi connectivity index (χ4v) is 2.77. The second-order valence-corrected chi connectivity index (χ2v) is 5.21. The fourth-order valence-electron chi connectivity index (χ4n) is 1.86. The van der Waals surface area contributed by atoms with Gasteiger partial charge in [-0.2, -0.15) is 0 Å². The van der Waals surface area contributed by atoms with Gasteiger partial charge in [0.15, 0.2) is 17.8 Å². The minimum absolute atomic E-state index is 0.404. The van der Waals surface area contributed by atoms with Crippen molar-refractivity contribution in [3.63, 3.8) is 0 Å². The summed E-state index contributed by atoms with van der Waals surface area (Å²) in [7, 11) is 0. The van der Waals surface area contributed by atoms with Crippen LogP contribution >= 0.6 is 15.9 Å². The number of carbonyl (C=O) groups excluding carboxylic acids is 1. The lowest BCUT2D eigenvalue weighted by Crippen LogP contribution is -2.24. The highest BCUT2D eigenvalue weighted by molar-refractivity contribution is 9.10. The predicted octanol–water partition coefficient (Wildman–Crippen LogP) is 2.26. The number of hydrogen-bond donors (Lipinski definition) is 1. The van der Waals surface area contributed by atoms with Crippen molar-refractivity contribution >= 4 is 22.2 Å². The molecule has 0 aliphatic carbocycles. The molecular weight excluding hydrogens is 288 g/mol. The van der Waals surface area contributed by atoms with Gasteiger partial charge in [-0.05, 0) is 19.9 Å². The van der Waals surface area contributed by atoms with Gasteiger partial charge < -0.3 is 14.6 Å². The molecule has 1 aromatic carbocycles. The Hall–Kier alpha value is -1.07. The molecule has 0 unspecified atom stereocenters. The lowest BCUT2D eigenvalue weighted by atomic mass is 9.95. The summed E-state index contributed by atoms with van der Waals surface area (Å²) in [4.78, 5) is 11.0. The first kappa shape index (κ1) is 12.4. The van der Waals surface area contributed by atoms with Crippen LogP contribution in [0.3, 0.4) is 0 Å². The van der Waals surface area contributed by atoms with Gasteiger partial charge in [-0.25, -0.2) is 0 Å². The van der Waals surface area contributed by atoms with Gasteiger partial charge in [-0.3, -0.25) is 4.79 Å². The number of fused-ring (bicyclic) bond motifs is 1. The molecule has 17 heavy (non-hydrogen) atoms. The zero-order valence-corrected chi connectivity index (χ0v) is 11.2. The molecule has 0 saturated carbocycles. The zero-order chi connectivity index (χ0) is 12.6. The molecule has 0 spiro atoms. The molecule has 0 bridgehead atoms. The number of halogens is 1. The van der Waals surface area contributed by atoms with Gasteiger partial charge in [0.25, 0.3) is 0 Å². The molecule has 4 nitrogen and oxygen atoms in total. The monoisotopic (exact) mass is 300 g/mol. The van der Waals surface area contributed by atoms with Crippen LogP contribution in [-0.2, 0) is 5.60 Å². The Kier molecular flexibility index (Phi) is 3.14. The molecule has 0 amide bonds. The van der Waals surface area contributed by atoms with Crippen LogP contribution in [0, 0.1) is 0 Å². The van der Waals surface area contributed by atoms with Crippen LogP contribution in [0.4, 0.5) is 0 Å². The molecule has 5 heteroatoms. The summed E-state index contributed by atoms with van der Waals surface area (Å²) < 4.78 is 11.6. The third-order valence-corrected chi connectivity index (χ3v) is 3.16. The summed E-state index contributed by atoms with van der Waals surface area (Å²) in [6, 6.07) is 1.63. The molecule has 1 aliphatic heterocycles. The number of rotatable bonds is 2. The van der Waals surface area contributed by atoms with E-state index in [1.54, 1.807) is 19.9 Å². The molecule has 1 heterocycles. The molecule has 92 valence electrons. The predicted molar refractivity (Wildman–Crippen MR) is 65.8 cm³/mol. The topological polar surface area (TPSA) is 55.8 Å². The third-order valence-electron chi connectivity index (χ3n) is 2.53. The Bertz CT molecular complexity index is 463. The number of ether oxygens (including phenoxy) is 2. The van der Waals surface area contributed by atoms with Gasteiger partial charge in [-0.15, -0.1) is 0 Å². The van der Waals surface area contributed by atoms with Crippen molar-refractivity contribution in [2.45, 2.75) is 19.4 Å². The lowest BCUT2D eigenvalue weighted by molar-refractivity contribution is 0.0691. The van der Waals surface area contributed by atoms with Gasteiger partial charge in [0, 0.05) is 10.0 Å². The van der Waals surface area contributed by atoms with Crippen molar-refractivity contribution in [1.82, 2.24) is 0 Å². The number of hydrogen-bond acceptors (Lipinski definition) is 4. The minimum atomic E-state index is -1.08. The first-order valence-electron chi connectivity index (χ1n) is 5.25. The van der Waals surface area contributed by atoms with Crippen LogP contribution in [0.25, 0.3) is 0 Å². The van der Waals surface area contributed by atoms with Crippen molar-refractivity contribution in [1.29, 1.82) is 0 Å². The quantitative estimate of drug-likeness (QED) is 0.851. The summed E-state index contributed by atoms with van der Waals surface area (Å²) in [6.07, 6.45) is 0.715. The molecule has 0 aromatic heterocycles.